The van der Waals surface area contributed by atoms with Gasteiger partial charge in [-0.25, -0.2) is 0 Å². The van der Waals surface area contributed by atoms with Crippen molar-refractivity contribution in [3.8, 4) is 0 Å². The lowest BCUT2D eigenvalue weighted by Crippen LogP contribution is -2.28. The molecule has 1 rings (SSSR count). The third-order valence-electron chi connectivity index (χ3n) is 3.58. The van der Waals surface area contributed by atoms with Gasteiger partial charge in [-0.15, -0.1) is 0 Å². The summed E-state index contributed by atoms with van der Waals surface area (Å²) in [5, 5.41) is 9.11. The molecule has 6 nitrogen and oxygen atoms in total. The van der Waals surface area contributed by atoms with Crippen LogP contribution in [0.3, 0.4) is 0 Å². The highest BCUT2D eigenvalue weighted by Crippen LogP contribution is 2.33. The minimum absolute atomic E-state index is 0.0364. The van der Waals surface area contributed by atoms with Crippen LogP contribution >= 0.6 is 0 Å². The lowest BCUT2D eigenvalue weighted by molar-refractivity contribution is -0.142. The Labute approximate surface area is 106 Å². The van der Waals surface area contributed by atoms with Crippen LogP contribution in [0.25, 0.3) is 0 Å². The molecule has 0 amide bonds. The Morgan fingerprint density at radius 1 is 1.39 bits per heavy atom. The number of carbonyl (C=O) groups excluding carboxylic acids is 1. The number of aliphatic carboxylic acids is 1. The number of nitrogens with zero attached hydrogens (tertiary/aromatic N) is 1. The van der Waals surface area contributed by atoms with E-state index in [0.29, 0.717) is 12.3 Å². The van der Waals surface area contributed by atoms with Crippen molar-refractivity contribution in [2.45, 2.75) is 32.1 Å². The van der Waals surface area contributed by atoms with Crippen LogP contribution in [-0.2, 0) is 9.59 Å². The Morgan fingerprint density at radius 2 is 2.00 bits per heavy atom. The lowest BCUT2D eigenvalue weighted by atomic mass is 9.84. The minimum Gasteiger partial charge on any atom is -0.481 e. The van der Waals surface area contributed by atoms with E-state index in [9.17, 15) is 9.59 Å². The maximum atomic E-state index is 11.1. The molecule has 0 bridgehead atoms. The first-order valence-corrected chi connectivity index (χ1v) is 6.28. The van der Waals surface area contributed by atoms with E-state index < -0.39 is 11.9 Å². The van der Waals surface area contributed by atoms with Gasteiger partial charge in [0.05, 0.1) is 12.5 Å². The zero-order valence-electron chi connectivity index (χ0n) is 10.4. The lowest BCUT2D eigenvalue weighted by Gasteiger charge is -2.20. The highest BCUT2D eigenvalue weighted by Gasteiger charge is 2.29. The smallest absolute Gasteiger partial charge is 0.308 e. The summed E-state index contributed by atoms with van der Waals surface area (Å²) in [4.78, 5) is 26.0. The maximum absolute atomic E-state index is 11.1. The van der Waals surface area contributed by atoms with Crippen LogP contribution in [-0.4, -0.2) is 29.9 Å². The van der Waals surface area contributed by atoms with Crippen LogP contribution < -0.4 is 11.5 Å². The molecule has 18 heavy (non-hydrogen) atoms. The molecule has 1 saturated carbocycles. The second-order valence-electron chi connectivity index (χ2n) is 4.88. The molecule has 0 aromatic carbocycles. The van der Waals surface area contributed by atoms with Gasteiger partial charge in [0.15, 0.2) is 5.96 Å². The molecule has 102 valence electrons. The monoisotopic (exact) mass is 255 g/mol. The van der Waals surface area contributed by atoms with E-state index in [4.69, 9.17) is 16.6 Å². The van der Waals surface area contributed by atoms with Crippen LogP contribution in [0.4, 0.5) is 0 Å². The number of hydrogen-bond acceptors (Lipinski definition) is 3. The van der Waals surface area contributed by atoms with Gasteiger partial charge in [0, 0.05) is 5.92 Å². The van der Waals surface area contributed by atoms with E-state index in [0.717, 1.165) is 32.0 Å². The van der Waals surface area contributed by atoms with Gasteiger partial charge in [0.1, 0.15) is 6.29 Å². The fourth-order valence-corrected chi connectivity index (χ4v) is 2.54. The molecule has 0 aliphatic heterocycles. The summed E-state index contributed by atoms with van der Waals surface area (Å²) in [6.45, 7) is 0.0364. The summed E-state index contributed by atoms with van der Waals surface area (Å²) < 4.78 is 0. The normalized spacial score (nSPS) is 19.1. The Balaban J connectivity index is 2.59. The van der Waals surface area contributed by atoms with E-state index in [1.165, 1.54) is 0 Å². The number of carbonyl (C=O) groups is 2. The molecule has 1 aliphatic carbocycles. The van der Waals surface area contributed by atoms with Crippen molar-refractivity contribution in [1.82, 2.24) is 0 Å². The third-order valence-corrected chi connectivity index (χ3v) is 3.58. The quantitative estimate of drug-likeness (QED) is 0.344. The molecule has 1 aliphatic rings. The van der Waals surface area contributed by atoms with Crippen LogP contribution in [0.1, 0.15) is 32.1 Å². The Hall–Kier alpha value is -1.59. The van der Waals surface area contributed by atoms with Crippen molar-refractivity contribution < 1.29 is 14.7 Å². The zero-order valence-corrected chi connectivity index (χ0v) is 10.4. The number of aliphatic imine (C=N–C) groups is 1. The van der Waals surface area contributed by atoms with E-state index in [1.54, 1.807) is 0 Å². The maximum Gasteiger partial charge on any atom is 0.308 e. The van der Waals surface area contributed by atoms with Crippen LogP contribution in [0.2, 0.25) is 0 Å². The first-order chi connectivity index (χ1) is 8.54. The molecule has 0 aromatic rings. The molecule has 0 radical (unpaired) electrons. The number of aldehydes is 1. The number of rotatable bonds is 7. The molecule has 2 unspecified atom stereocenters. The molecule has 0 spiro atoms. The number of nitrogens with two attached hydrogens (primary N) is 2. The van der Waals surface area contributed by atoms with Crippen LogP contribution in [0, 0.1) is 17.8 Å². The SMILES string of the molecule is NC(N)=NCC(CC(C=O)C1CCCC1)C(=O)O. The van der Waals surface area contributed by atoms with Crippen molar-refractivity contribution in [3.63, 3.8) is 0 Å². The van der Waals surface area contributed by atoms with Crippen molar-refractivity contribution in [1.29, 1.82) is 0 Å². The summed E-state index contributed by atoms with van der Waals surface area (Å²) in [6.07, 6.45) is 5.49. The number of carboxylic acids is 1. The number of hydrogen-bond donors (Lipinski definition) is 3. The summed E-state index contributed by atoms with van der Waals surface area (Å²) in [5.41, 5.74) is 10.4. The first-order valence-electron chi connectivity index (χ1n) is 6.28. The van der Waals surface area contributed by atoms with E-state index in [2.05, 4.69) is 4.99 Å². The zero-order chi connectivity index (χ0) is 13.5. The molecule has 2 atom stereocenters. The number of guanidine groups is 1. The highest BCUT2D eigenvalue weighted by molar-refractivity contribution is 5.76. The van der Waals surface area contributed by atoms with Gasteiger partial charge in [-0.3, -0.25) is 9.79 Å². The molecule has 1 fully saturated rings. The van der Waals surface area contributed by atoms with Crippen LogP contribution in [0.15, 0.2) is 4.99 Å². The molecular formula is C12H21N3O3. The van der Waals surface area contributed by atoms with Crippen molar-refractivity contribution in [2.75, 3.05) is 6.54 Å². The van der Waals surface area contributed by atoms with Gasteiger partial charge in [-0.2, -0.15) is 0 Å². The summed E-state index contributed by atoms with van der Waals surface area (Å²) in [7, 11) is 0. The van der Waals surface area contributed by atoms with Gasteiger partial charge < -0.3 is 21.4 Å². The van der Waals surface area contributed by atoms with Crippen molar-refractivity contribution in [3.05, 3.63) is 0 Å². The average Bonchev–Trinajstić information content (AvgIpc) is 2.82. The molecule has 0 saturated heterocycles. The van der Waals surface area contributed by atoms with Gasteiger partial charge in [-0.1, -0.05) is 12.8 Å². The standard InChI is InChI=1S/C12H21N3O3/c13-12(14)15-6-9(11(17)18)5-10(7-16)8-3-1-2-4-8/h7-10H,1-6H2,(H,17,18)(H4,13,14,15). The molecule has 6 heteroatoms. The topological polar surface area (TPSA) is 119 Å². The first kappa shape index (κ1) is 14.5. The van der Waals surface area contributed by atoms with Gasteiger partial charge in [0.2, 0.25) is 0 Å². The largest absolute Gasteiger partial charge is 0.481 e. The van der Waals surface area contributed by atoms with E-state index >= 15 is 0 Å². The Kier molecular flexibility index (Phi) is 5.61. The third kappa shape index (κ3) is 4.35. The average molecular weight is 255 g/mol. The minimum atomic E-state index is -0.954. The summed E-state index contributed by atoms with van der Waals surface area (Å²) in [6, 6.07) is 0. The fourth-order valence-electron chi connectivity index (χ4n) is 2.54. The molecule has 0 aromatic heterocycles. The van der Waals surface area contributed by atoms with Gasteiger partial charge in [0.25, 0.3) is 0 Å². The summed E-state index contributed by atoms with van der Waals surface area (Å²) in [5.74, 6) is -1.64. The van der Waals surface area contributed by atoms with Gasteiger partial charge >= 0.3 is 5.97 Å². The summed E-state index contributed by atoms with van der Waals surface area (Å²) >= 11 is 0. The Bertz CT molecular complexity index is 321. The predicted octanol–water partition coefficient (Wildman–Crippen LogP) is 0.356. The van der Waals surface area contributed by atoms with Crippen molar-refractivity contribution in [2.24, 2.45) is 34.2 Å². The molecule has 5 N–H and O–H groups in total. The van der Waals surface area contributed by atoms with Gasteiger partial charge in [-0.05, 0) is 25.2 Å². The molecule has 0 heterocycles. The second-order valence-corrected chi connectivity index (χ2v) is 4.88. The molecular weight excluding hydrogens is 234 g/mol. The Morgan fingerprint density at radius 3 is 2.44 bits per heavy atom. The highest BCUT2D eigenvalue weighted by atomic mass is 16.4. The predicted molar refractivity (Wildman–Crippen MR) is 67.9 cm³/mol. The van der Waals surface area contributed by atoms with Crippen molar-refractivity contribution >= 4 is 18.2 Å². The second kappa shape index (κ2) is 6.98. The van der Waals surface area contributed by atoms with E-state index in [1.807, 2.05) is 0 Å². The number of carboxylic acid groups (broad SMARTS) is 1. The fraction of sp³-hybridized carbons (Fsp3) is 0.750. The van der Waals surface area contributed by atoms with E-state index in [-0.39, 0.29) is 18.4 Å². The van der Waals surface area contributed by atoms with Crippen LogP contribution in [0.5, 0.6) is 0 Å².